The summed E-state index contributed by atoms with van der Waals surface area (Å²) >= 11 is 0. The van der Waals surface area contributed by atoms with Gasteiger partial charge in [-0.3, -0.25) is 0 Å². The van der Waals surface area contributed by atoms with Gasteiger partial charge in [0, 0.05) is 0 Å². The van der Waals surface area contributed by atoms with Gasteiger partial charge in [-0.1, -0.05) is 0 Å². The summed E-state index contributed by atoms with van der Waals surface area (Å²) in [5, 5.41) is 77.8. The van der Waals surface area contributed by atoms with Crippen LogP contribution in [0.15, 0.2) is 0 Å². The molecule has 0 amide bonds. The quantitative estimate of drug-likeness (QED) is 0.174. The number of rotatable bonds is 8. The van der Waals surface area contributed by atoms with Crippen molar-refractivity contribution in [3.05, 3.63) is 0 Å². The van der Waals surface area contributed by atoms with E-state index >= 15 is 0 Å². The molecule has 0 bridgehead atoms. The van der Waals surface area contributed by atoms with E-state index < -0.39 is 80.7 Å². The second-order valence-corrected chi connectivity index (χ2v) is 6.58. The van der Waals surface area contributed by atoms with Gasteiger partial charge in [-0.15, -0.1) is 0 Å². The minimum atomic E-state index is -1.85. The first-order chi connectivity index (χ1) is 13.2. The van der Waals surface area contributed by atoms with Gasteiger partial charge in [0.05, 0.1) is 19.8 Å². The molecule has 0 aromatic carbocycles. The summed E-state index contributed by atoms with van der Waals surface area (Å²) in [4.78, 5) is 10.6. The summed E-state index contributed by atoms with van der Waals surface area (Å²) in [6, 6.07) is 0. The summed E-state index contributed by atoms with van der Waals surface area (Å²) in [6.07, 6.45) is -17.3. The van der Waals surface area contributed by atoms with Gasteiger partial charge in [0.1, 0.15) is 54.9 Å². The fourth-order valence-corrected chi connectivity index (χ4v) is 2.82. The number of aldehydes is 1. The van der Waals surface area contributed by atoms with Crippen LogP contribution < -0.4 is 0 Å². The van der Waals surface area contributed by atoms with Crippen molar-refractivity contribution in [3.63, 3.8) is 0 Å². The van der Waals surface area contributed by atoms with Crippen LogP contribution >= 0.6 is 0 Å². The lowest BCUT2D eigenvalue weighted by molar-refractivity contribution is -0.342. The molecule has 0 aliphatic carbocycles. The molecule has 0 saturated carbocycles. The van der Waals surface area contributed by atoms with Crippen LogP contribution in [0.2, 0.25) is 0 Å². The second-order valence-electron chi connectivity index (χ2n) is 6.58. The van der Waals surface area contributed by atoms with Gasteiger partial charge in [-0.05, 0) is 0 Å². The molecule has 0 unspecified atom stereocenters. The highest BCUT2D eigenvalue weighted by Gasteiger charge is 2.47. The van der Waals surface area contributed by atoms with Crippen LogP contribution in [0, 0.1) is 0 Å². The van der Waals surface area contributed by atoms with Gasteiger partial charge in [0.2, 0.25) is 0 Å². The molecule has 0 aromatic rings. The van der Waals surface area contributed by atoms with Crippen LogP contribution in [0.1, 0.15) is 0 Å². The highest BCUT2D eigenvalue weighted by atomic mass is 16.7. The van der Waals surface area contributed by atoms with Crippen LogP contribution in [0.5, 0.6) is 0 Å². The molecule has 2 aliphatic heterocycles. The maximum absolute atomic E-state index is 10.6. The predicted molar refractivity (Wildman–Crippen MR) is 84.4 cm³/mol. The zero-order valence-corrected chi connectivity index (χ0v) is 14.7. The first-order valence-corrected chi connectivity index (χ1v) is 8.58. The zero-order valence-electron chi connectivity index (χ0n) is 14.7. The van der Waals surface area contributed by atoms with Crippen LogP contribution in [0.3, 0.4) is 0 Å². The lowest BCUT2D eigenvalue weighted by atomic mass is 10.0. The number of carbonyl (C=O) groups excluding carboxylic acids is 1. The maximum Gasteiger partial charge on any atom is 0.186 e. The van der Waals surface area contributed by atoms with Gasteiger partial charge in [0.15, 0.2) is 18.9 Å². The summed E-state index contributed by atoms with van der Waals surface area (Å²) < 4.78 is 20.7. The largest absolute Gasteiger partial charge is 0.394 e. The Morgan fingerprint density at radius 3 is 2.14 bits per heavy atom. The molecule has 2 fully saturated rings. The van der Waals surface area contributed by atoms with E-state index in [0.29, 0.717) is 0 Å². The fourth-order valence-electron chi connectivity index (χ4n) is 2.82. The minimum Gasteiger partial charge on any atom is -0.394 e. The van der Waals surface area contributed by atoms with E-state index in [1.807, 2.05) is 0 Å². The average molecular weight is 414 g/mol. The van der Waals surface area contributed by atoms with Crippen LogP contribution in [-0.4, -0.2) is 134 Å². The average Bonchev–Trinajstić information content (AvgIpc) is 2.69. The van der Waals surface area contributed by atoms with E-state index in [2.05, 4.69) is 0 Å². The van der Waals surface area contributed by atoms with Crippen molar-refractivity contribution >= 4 is 6.29 Å². The van der Waals surface area contributed by atoms with E-state index in [1.54, 1.807) is 0 Å². The Balaban J connectivity index is 2.03. The van der Waals surface area contributed by atoms with Gasteiger partial charge >= 0.3 is 0 Å². The highest BCUT2D eigenvalue weighted by molar-refractivity contribution is 5.56. The smallest absolute Gasteiger partial charge is 0.186 e. The third kappa shape index (κ3) is 5.21. The first-order valence-electron chi connectivity index (χ1n) is 8.58. The number of hydrogen-bond acceptors (Lipinski definition) is 13. The molecule has 2 rings (SSSR count). The number of aliphatic hydroxyl groups is 8. The molecule has 8 N–H and O–H groups in total. The Morgan fingerprint density at radius 2 is 1.54 bits per heavy atom. The Morgan fingerprint density at radius 1 is 0.929 bits per heavy atom. The van der Waals surface area contributed by atoms with Gasteiger partial charge in [-0.2, -0.15) is 0 Å². The van der Waals surface area contributed by atoms with Crippen LogP contribution in [0.4, 0.5) is 0 Å². The standard InChI is InChI=1S/C15H26O13/c16-1-5(18)9(21)8(2-17)27-15-12(24)13(7(20)4-26-15)28-14-11(23)10(22)6(19)3-25-14/h1,5-15,17-24H,2-4H2/t5-,6+,7+,8+,9+,10-,11+,12+,13-,14-,15-/m0/s1. The molecule has 2 aliphatic rings. The van der Waals surface area contributed by atoms with Gasteiger partial charge in [-0.25, -0.2) is 0 Å². The number of ether oxygens (including phenoxy) is 4. The van der Waals surface area contributed by atoms with Crippen molar-refractivity contribution < 1.29 is 64.6 Å². The first kappa shape index (κ1) is 23.5. The van der Waals surface area contributed by atoms with Crippen molar-refractivity contribution in [2.75, 3.05) is 19.8 Å². The van der Waals surface area contributed by atoms with E-state index in [-0.39, 0.29) is 12.9 Å². The zero-order chi connectivity index (χ0) is 21.0. The summed E-state index contributed by atoms with van der Waals surface area (Å²) in [7, 11) is 0. The third-order valence-corrected chi connectivity index (χ3v) is 4.53. The van der Waals surface area contributed by atoms with Crippen molar-refractivity contribution in [1.82, 2.24) is 0 Å². The number of aliphatic hydroxyl groups excluding tert-OH is 8. The normalized spacial score (nSPS) is 42.6. The van der Waals surface area contributed by atoms with E-state index in [1.165, 1.54) is 0 Å². The van der Waals surface area contributed by atoms with Crippen LogP contribution in [0.25, 0.3) is 0 Å². The summed E-state index contributed by atoms with van der Waals surface area (Å²) in [6.45, 7) is -1.60. The highest BCUT2D eigenvalue weighted by Crippen LogP contribution is 2.26. The molecular formula is C15H26O13. The molecular weight excluding hydrogens is 388 g/mol. The molecule has 0 radical (unpaired) electrons. The lowest BCUT2D eigenvalue weighted by Crippen LogP contribution is -2.61. The molecule has 0 aromatic heterocycles. The third-order valence-electron chi connectivity index (χ3n) is 4.53. The monoisotopic (exact) mass is 414 g/mol. The van der Waals surface area contributed by atoms with Crippen molar-refractivity contribution in [1.29, 1.82) is 0 Å². The summed E-state index contributed by atoms with van der Waals surface area (Å²) in [5.41, 5.74) is 0. The number of hydrogen-bond donors (Lipinski definition) is 8. The van der Waals surface area contributed by atoms with Crippen molar-refractivity contribution in [2.45, 2.75) is 67.5 Å². The van der Waals surface area contributed by atoms with Gasteiger partial charge < -0.3 is 64.6 Å². The van der Waals surface area contributed by atoms with Gasteiger partial charge in [0.25, 0.3) is 0 Å². The molecule has 28 heavy (non-hydrogen) atoms. The maximum atomic E-state index is 10.6. The van der Waals surface area contributed by atoms with E-state index in [9.17, 15) is 45.6 Å². The predicted octanol–water partition coefficient (Wildman–Crippen LogP) is -5.81. The molecule has 164 valence electrons. The Hall–Kier alpha value is -0.810. The summed E-state index contributed by atoms with van der Waals surface area (Å²) in [5.74, 6) is 0. The number of carbonyl (C=O) groups is 1. The molecule has 13 nitrogen and oxygen atoms in total. The second kappa shape index (κ2) is 10.3. The Labute approximate surface area is 159 Å². The molecule has 2 heterocycles. The Bertz CT molecular complexity index is 493. The van der Waals surface area contributed by atoms with Crippen molar-refractivity contribution in [3.8, 4) is 0 Å². The topological polar surface area (TPSA) is 216 Å². The molecule has 13 heteroatoms. The lowest BCUT2D eigenvalue weighted by Gasteiger charge is -2.42. The Kier molecular flexibility index (Phi) is 8.62. The van der Waals surface area contributed by atoms with E-state index in [0.717, 1.165) is 0 Å². The minimum absolute atomic E-state index is 0.0338. The molecule has 0 spiro atoms. The fraction of sp³-hybridized carbons (Fsp3) is 0.933. The SMILES string of the molecule is O=C[C@H](O)[C@@H](O)[C@@H](CO)O[C@@H]1OC[C@@H](O)[C@H](O[C@@H]2OC[C@@H](O)[C@H](O)[C@H]2O)[C@H]1O. The van der Waals surface area contributed by atoms with E-state index in [4.69, 9.17) is 18.9 Å². The van der Waals surface area contributed by atoms with Crippen molar-refractivity contribution in [2.24, 2.45) is 0 Å². The molecule has 11 atom stereocenters. The van der Waals surface area contributed by atoms with Crippen LogP contribution in [-0.2, 0) is 23.7 Å². The molecule has 2 saturated heterocycles.